The normalized spacial score (nSPS) is 11.8. The van der Waals surface area contributed by atoms with E-state index in [0.29, 0.717) is 6.07 Å². The Bertz CT molecular complexity index is 1230. The number of halogens is 5. The van der Waals surface area contributed by atoms with Crippen molar-refractivity contribution in [3.05, 3.63) is 88.7 Å². The van der Waals surface area contributed by atoms with Gasteiger partial charge in [0.2, 0.25) is 0 Å². The first-order valence-electron chi connectivity index (χ1n) is 8.52. The molecule has 1 amide bonds. The molecule has 5 nitrogen and oxygen atoms in total. The number of benzene rings is 3. The Labute approximate surface area is 179 Å². The molecule has 3 aromatic rings. The Hall–Kier alpha value is -3.11. The molecule has 31 heavy (non-hydrogen) atoms. The van der Waals surface area contributed by atoms with Crippen molar-refractivity contribution in [2.45, 2.75) is 11.1 Å². The minimum atomic E-state index is -4.62. The molecule has 0 saturated carbocycles. The Morgan fingerprint density at radius 2 is 1.58 bits per heavy atom. The molecule has 0 aliphatic rings. The second kappa shape index (κ2) is 8.56. The van der Waals surface area contributed by atoms with Gasteiger partial charge in [0, 0.05) is 16.9 Å². The van der Waals surface area contributed by atoms with Gasteiger partial charge in [0.1, 0.15) is 5.82 Å². The molecular weight excluding hydrogens is 460 g/mol. The third-order valence-electron chi connectivity index (χ3n) is 4.05. The zero-order chi connectivity index (χ0) is 22.8. The highest BCUT2D eigenvalue weighted by atomic mass is 35.5. The van der Waals surface area contributed by atoms with Crippen LogP contribution in [0, 0.1) is 5.82 Å². The van der Waals surface area contributed by atoms with E-state index in [1.165, 1.54) is 30.3 Å². The van der Waals surface area contributed by atoms with Crippen molar-refractivity contribution in [3.63, 3.8) is 0 Å². The standard InChI is InChI=1S/C20H13ClF4N2O3S/c21-17-11-14(6-9-18(17)22)26-19(28)12-4-7-16(8-5-12)31(29,30)27-15-3-1-2-13(10-15)20(23,24)25/h1-11,27H,(H,26,28). The monoisotopic (exact) mass is 472 g/mol. The molecule has 0 fully saturated rings. The summed E-state index contributed by atoms with van der Waals surface area (Å²) < 4.78 is 78.6. The summed E-state index contributed by atoms with van der Waals surface area (Å²) in [6.07, 6.45) is -4.62. The van der Waals surface area contributed by atoms with Crippen LogP contribution in [-0.2, 0) is 16.2 Å². The van der Waals surface area contributed by atoms with Gasteiger partial charge < -0.3 is 5.32 Å². The van der Waals surface area contributed by atoms with E-state index in [2.05, 4.69) is 10.0 Å². The molecule has 0 aromatic heterocycles. The molecule has 162 valence electrons. The Morgan fingerprint density at radius 1 is 0.903 bits per heavy atom. The Morgan fingerprint density at radius 3 is 2.19 bits per heavy atom. The van der Waals surface area contributed by atoms with Gasteiger partial charge in [-0.05, 0) is 60.7 Å². The number of hydrogen-bond donors (Lipinski definition) is 2. The summed E-state index contributed by atoms with van der Waals surface area (Å²) in [6.45, 7) is 0. The first kappa shape index (κ1) is 22.6. The third kappa shape index (κ3) is 5.53. The van der Waals surface area contributed by atoms with Crippen LogP contribution in [0.25, 0.3) is 0 Å². The fourth-order valence-electron chi connectivity index (χ4n) is 2.54. The van der Waals surface area contributed by atoms with Gasteiger partial charge in [-0.3, -0.25) is 9.52 Å². The first-order chi connectivity index (χ1) is 14.5. The van der Waals surface area contributed by atoms with E-state index in [1.807, 2.05) is 0 Å². The summed E-state index contributed by atoms with van der Waals surface area (Å²) in [5.41, 5.74) is -0.928. The Balaban J connectivity index is 1.75. The highest BCUT2D eigenvalue weighted by molar-refractivity contribution is 7.92. The second-order valence-electron chi connectivity index (χ2n) is 6.29. The van der Waals surface area contributed by atoms with E-state index >= 15 is 0 Å². The number of hydrogen-bond acceptors (Lipinski definition) is 3. The van der Waals surface area contributed by atoms with Crippen molar-refractivity contribution < 1.29 is 30.8 Å². The topological polar surface area (TPSA) is 75.3 Å². The van der Waals surface area contributed by atoms with Crippen LogP contribution in [0.2, 0.25) is 5.02 Å². The molecule has 0 atom stereocenters. The number of carbonyl (C=O) groups excluding carboxylic acids is 1. The third-order valence-corrected chi connectivity index (χ3v) is 5.73. The van der Waals surface area contributed by atoms with E-state index < -0.39 is 33.5 Å². The van der Waals surface area contributed by atoms with E-state index in [1.54, 1.807) is 0 Å². The highest BCUT2D eigenvalue weighted by Crippen LogP contribution is 2.31. The van der Waals surface area contributed by atoms with E-state index in [0.717, 1.165) is 30.3 Å². The number of carbonyl (C=O) groups is 1. The molecule has 3 aromatic carbocycles. The molecular formula is C20H13ClF4N2O3S. The van der Waals surface area contributed by atoms with Gasteiger partial charge in [-0.2, -0.15) is 13.2 Å². The SMILES string of the molecule is O=C(Nc1ccc(F)c(Cl)c1)c1ccc(S(=O)(=O)Nc2cccc(C(F)(F)F)c2)cc1. The smallest absolute Gasteiger partial charge is 0.322 e. The molecule has 0 spiro atoms. The van der Waals surface area contributed by atoms with Crippen molar-refractivity contribution in [1.82, 2.24) is 0 Å². The molecule has 0 radical (unpaired) electrons. The van der Waals surface area contributed by atoms with Crippen LogP contribution in [0.3, 0.4) is 0 Å². The van der Waals surface area contributed by atoms with Gasteiger partial charge >= 0.3 is 6.18 Å². The first-order valence-corrected chi connectivity index (χ1v) is 10.4. The molecule has 0 aliphatic carbocycles. The van der Waals surface area contributed by atoms with Gasteiger partial charge in [-0.15, -0.1) is 0 Å². The number of anilines is 2. The second-order valence-corrected chi connectivity index (χ2v) is 8.38. The molecule has 0 bridgehead atoms. The van der Waals surface area contributed by atoms with Gasteiger partial charge in [0.25, 0.3) is 15.9 Å². The van der Waals surface area contributed by atoms with Crippen LogP contribution in [0.4, 0.5) is 28.9 Å². The molecule has 0 saturated heterocycles. The van der Waals surface area contributed by atoms with Crippen molar-refractivity contribution in [2.24, 2.45) is 0 Å². The van der Waals surface area contributed by atoms with Crippen molar-refractivity contribution in [1.29, 1.82) is 0 Å². The van der Waals surface area contributed by atoms with E-state index in [4.69, 9.17) is 11.6 Å². The molecule has 0 heterocycles. The molecule has 2 N–H and O–H groups in total. The Kier molecular flexibility index (Phi) is 6.23. The van der Waals surface area contributed by atoms with Gasteiger partial charge in [-0.1, -0.05) is 17.7 Å². The highest BCUT2D eigenvalue weighted by Gasteiger charge is 2.30. The summed E-state index contributed by atoms with van der Waals surface area (Å²) in [7, 11) is -4.20. The lowest BCUT2D eigenvalue weighted by molar-refractivity contribution is -0.137. The van der Waals surface area contributed by atoms with Crippen LogP contribution >= 0.6 is 11.6 Å². The molecule has 0 unspecified atom stereocenters. The molecule has 11 heteroatoms. The number of alkyl halides is 3. The maximum absolute atomic E-state index is 13.2. The maximum atomic E-state index is 13.2. The lowest BCUT2D eigenvalue weighted by Crippen LogP contribution is -2.15. The van der Waals surface area contributed by atoms with Crippen LogP contribution in [-0.4, -0.2) is 14.3 Å². The summed E-state index contributed by atoms with van der Waals surface area (Å²) in [6, 6.07) is 12.1. The van der Waals surface area contributed by atoms with Crippen molar-refractivity contribution in [3.8, 4) is 0 Å². The van der Waals surface area contributed by atoms with Crippen LogP contribution < -0.4 is 10.0 Å². The van der Waals surface area contributed by atoms with Gasteiger partial charge in [-0.25, -0.2) is 12.8 Å². The molecule has 3 rings (SSSR count). The van der Waals surface area contributed by atoms with Crippen LogP contribution in [0.5, 0.6) is 0 Å². The summed E-state index contributed by atoms with van der Waals surface area (Å²) in [5.74, 6) is -1.25. The van der Waals surface area contributed by atoms with Crippen molar-refractivity contribution >= 4 is 38.9 Å². The largest absolute Gasteiger partial charge is 0.416 e. The number of rotatable bonds is 5. The average molecular weight is 473 g/mol. The summed E-state index contributed by atoms with van der Waals surface area (Å²) >= 11 is 5.65. The number of amides is 1. The lowest BCUT2D eigenvalue weighted by atomic mass is 10.2. The maximum Gasteiger partial charge on any atom is 0.416 e. The average Bonchev–Trinajstić information content (AvgIpc) is 2.70. The number of nitrogens with one attached hydrogen (secondary N) is 2. The zero-order valence-corrected chi connectivity index (χ0v) is 16.9. The number of sulfonamides is 1. The van der Waals surface area contributed by atoms with Gasteiger partial charge in [0.15, 0.2) is 0 Å². The summed E-state index contributed by atoms with van der Waals surface area (Å²) in [5, 5.41) is 2.30. The fraction of sp³-hybridized carbons (Fsp3) is 0.0500. The molecule has 0 aliphatic heterocycles. The minimum absolute atomic E-state index is 0.0958. The van der Waals surface area contributed by atoms with Crippen LogP contribution in [0.15, 0.2) is 71.6 Å². The van der Waals surface area contributed by atoms with E-state index in [9.17, 15) is 30.8 Å². The van der Waals surface area contributed by atoms with Gasteiger partial charge in [0.05, 0.1) is 15.5 Å². The lowest BCUT2D eigenvalue weighted by Gasteiger charge is -2.12. The van der Waals surface area contributed by atoms with E-state index in [-0.39, 0.29) is 26.9 Å². The van der Waals surface area contributed by atoms with Crippen LogP contribution in [0.1, 0.15) is 15.9 Å². The fourth-order valence-corrected chi connectivity index (χ4v) is 3.77. The minimum Gasteiger partial charge on any atom is -0.322 e. The summed E-state index contributed by atoms with van der Waals surface area (Å²) in [4.78, 5) is 12.0. The quantitative estimate of drug-likeness (QED) is 0.478. The zero-order valence-electron chi connectivity index (χ0n) is 15.4. The predicted octanol–water partition coefficient (Wildman–Crippen LogP) is 5.55. The predicted molar refractivity (Wildman–Crippen MR) is 108 cm³/mol. The van der Waals surface area contributed by atoms with Crippen molar-refractivity contribution in [2.75, 3.05) is 10.0 Å².